The maximum Gasteiger partial charge on any atom is 0.138 e. The van der Waals surface area contributed by atoms with Crippen molar-refractivity contribution < 1.29 is 5.11 Å². The Bertz CT molecular complexity index is 754. The number of hydrazone groups is 1. The van der Waals surface area contributed by atoms with Crippen molar-refractivity contribution in [1.29, 1.82) is 0 Å². The molecule has 1 saturated heterocycles. The number of aromatic hydroxyl groups is 1. The highest BCUT2D eigenvalue weighted by Crippen LogP contribution is 2.30. The molecule has 0 radical (unpaired) electrons. The van der Waals surface area contributed by atoms with Crippen LogP contribution in [-0.2, 0) is 6.54 Å². The van der Waals surface area contributed by atoms with Gasteiger partial charge >= 0.3 is 0 Å². The average molecular weight is 467 g/mol. The van der Waals surface area contributed by atoms with Crippen molar-refractivity contribution in [2.24, 2.45) is 5.10 Å². The highest BCUT2D eigenvalue weighted by Gasteiger charge is 2.15. The van der Waals surface area contributed by atoms with Gasteiger partial charge in [-0.25, -0.2) is 0 Å². The molecule has 2 aromatic rings. The molecule has 0 bridgehead atoms. The standard InChI is InChI=1S/C19H21Br2N3O/c1-14-2-4-15(5-3-14)13-23-6-8-24(9-7-23)22-12-16-10-17(20)11-18(21)19(16)25/h2-5,10-12,25H,6-9,13H2,1H3/b22-12+. The van der Waals surface area contributed by atoms with E-state index in [2.05, 4.69) is 78.1 Å². The monoisotopic (exact) mass is 465 g/mol. The number of hydrogen-bond donors (Lipinski definition) is 1. The van der Waals surface area contributed by atoms with Crippen molar-refractivity contribution in [3.63, 3.8) is 0 Å². The summed E-state index contributed by atoms with van der Waals surface area (Å²) in [5, 5.41) is 16.7. The maximum atomic E-state index is 10.1. The van der Waals surface area contributed by atoms with Crippen LogP contribution in [0.5, 0.6) is 5.75 Å². The third-order valence-electron chi connectivity index (χ3n) is 4.29. The van der Waals surface area contributed by atoms with E-state index in [4.69, 9.17) is 0 Å². The summed E-state index contributed by atoms with van der Waals surface area (Å²) in [6.45, 7) is 6.84. The SMILES string of the molecule is Cc1ccc(CN2CCN(/N=C/c3cc(Br)cc(Br)c3O)CC2)cc1. The number of piperazine rings is 1. The number of nitrogens with zero attached hydrogens (tertiary/aromatic N) is 3. The molecule has 6 heteroatoms. The van der Waals surface area contributed by atoms with Crippen molar-refractivity contribution in [3.05, 3.63) is 62.0 Å². The van der Waals surface area contributed by atoms with Gasteiger partial charge in [0, 0.05) is 42.8 Å². The van der Waals surface area contributed by atoms with E-state index in [9.17, 15) is 5.11 Å². The van der Waals surface area contributed by atoms with Gasteiger partial charge in [-0.3, -0.25) is 9.91 Å². The summed E-state index contributed by atoms with van der Waals surface area (Å²) in [5.74, 6) is 0.213. The predicted molar refractivity (Wildman–Crippen MR) is 109 cm³/mol. The van der Waals surface area contributed by atoms with E-state index < -0.39 is 0 Å². The molecule has 0 saturated carbocycles. The van der Waals surface area contributed by atoms with Gasteiger partial charge in [0.1, 0.15) is 5.75 Å². The first-order valence-corrected chi connectivity index (χ1v) is 9.85. The molecule has 1 aliphatic heterocycles. The summed E-state index contributed by atoms with van der Waals surface area (Å²) in [6, 6.07) is 12.4. The van der Waals surface area contributed by atoms with Crippen molar-refractivity contribution in [2.75, 3.05) is 26.2 Å². The lowest BCUT2D eigenvalue weighted by Crippen LogP contribution is -2.43. The number of benzene rings is 2. The molecule has 2 aromatic carbocycles. The Balaban J connectivity index is 1.55. The Hall–Kier alpha value is -1.37. The predicted octanol–water partition coefficient (Wildman–Crippen LogP) is 4.38. The minimum absolute atomic E-state index is 0.213. The number of hydrogen-bond acceptors (Lipinski definition) is 4. The Morgan fingerprint density at radius 3 is 2.44 bits per heavy atom. The molecule has 1 fully saturated rings. The van der Waals surface area contributed by atoms with E-state index in [0.717, 1.165) is 37.2 Å². The average Bonchev–Trinajstić information content (AvgIpc) is 2.60. The molecule has 25 heavy (non-hydrogen) atoms. The Labute approximate surface area is 165 Å². The van der Waals surface area contributed by atoms with Crippen LogP contribution in [0, 0.1) is 6.92 Å². The lowest BCUT2D eigenvalue weighted by Gasteiger charge is -2.33. The summed E-state index contributed by atoms with van der Waals surface area (Å²) in [7, 11) is 0. The van der Waals surface area contributed by atoms with Crippen molar-refractivity contribution in [1.82, 2.24) is 9.91 Å². The highest BCUT2D eigenvalue weighted by atomic mass is 79.9. The lowest BCUT2D eigenvalue weighted by molar-refractivity contribution is 0.131. The number of phenolic OH excluding ortho intramolecular Hbond substituents is 1. The zero-order valence-electron chi connectivity index (χ0n) is 14.1. The molecule has 4 nitrogen and oxygen atoms in total. The fraction of sp³-hybridized carbons (Fsp3) is 0.316. The highest BCUT2D eigenvalue weighted by molar-refractivity contribution is 9.11. The van der Waals surface area contributed by atoms with Gasteiger partial charge < -0.3 is 5.11 Å². The van der Waals surface area contributed by atoms with Crippen LogP contribution < -0.4 is 0 Å². The zero-order chi connectivity index (χ0) is 17.8. The fourth-order valence-corrected chi connectivity index (χ4v) is 4.05. The number of halogens is 2. The van der Waals surface area contributed by atoms with Gasteiger partial charge in [0.05, 0.1) is 10.7 Å². The quantitative estimate of drug-likeness (QED) is 0.679. The number of aryl methyl sites for hydroxylation is 1. The van der Waals surface area contributed by atoms with Crippen molar-refractivity contribution in [3.8, 4) is 5.75 Å². The van der Waals surface area contributed by atoms with E-state index in [1.165, 1.54) is 11.1 Å². The first kappa shape index (κ1) is 18.4. The second kappa shape index (κ2) is 8.34. The van der Waals surface area contributed by atoms with Crippen LogP contribution in [0.1, 0.15) is 16.7 Å². The Morgan fingerprint density at radius 2 is 1.76 bits per heavy atom. The van der Waals surface area contributed by atoms with Gasteiger partial charge in [0.25, 0.3) is 0 Å². The molecule has 0 spiro atoms. The van der Waals surface area contributed by atoms with Crippen molar-refractivity contribution >= 4 is 38.1 Å². The lowest BCUT2D eigenvalue weighted by atomic mass is 10.1. The first-order chi connectivity index (χ1) is 12.0. The molecule has 3 rings (SSSR count). The zero-order valence-corrected chi connectivity index (χ0v) is 17.3. The van der Waals surface area contributed by atoms with Crippen LogP contribution in [0.3, 0.4) is 0 Å². The summed E-state index contributed by atoms with van der Waals surface area (Å²) in [4.78, 5) is 2.45. The molecule has 0 amide bonds. The second-order valence-corrected chi connectivity index (χ2v) is 8.06. The van der Waals surface area contributed by atoms with Gasteiger partial charge in [0.2, 0.25) is 0 Å². The smallest absolute Gasteiger partial charge is 0.138 e. The largest absolute Gasteiger partial charge is 0.506 e. The van der Waals surface area contributed by atoms with Crippen LogP contribution in [0.25, 0.3) is 0 Å². The van der Waals surface area contributed by atoms with Gasteiger partial charge in [-0.1, -0.05) is 45.8 Å². The fourth-order valence-electron chi connectivity index (χ4n) is 2.79. The molecule has 0 aliphatic carbocycles. The van der Waals surface area contributed by atoms with E-state index in [0.29, 0.717) is 10.0 Å². The molecule has 1 aliphatic rings. The van der Waals surface area contributed by atoms with Crippen LogP contribution in [0.4, 0.5) is 0 Å². The van der Waals surface area contributed by atoms with Crippen LogP contribution in [0.15, 0.2) is 50.4 Å². The van der Waals surface area contributed by atoms with Gasteiger partial charge in [-0.15, -0.1) is 0 Å². The van der Waals surface area contributed by atoms with Gasteiger partial charge in [-0.05, 0) is 40.5 Å². The topological polar surface area (TPSA) is 39.1 Å². The third-order valence-corrected chi connectivity index (χ3v) is 5.36. The molecular formula is C19H21Br2N3O. The third kappa shape index (κ3) is 5.06. The molecule has 132 valence electrons. The Morgan fingerprint density at radius 1 is 1.08 bits per heavy atom. The molecular weight excluding hydrogens is 446 g/mol. The Kier molecular flexibility index (Phi) is 6.15. The summed E-state index contributed by atoms with van der Waals surface area (Å²) in [6.07, 6.45) is 1.72. The summed E-state index contributed by atoms with van der Waals surface area (Å²) >= 11 is 6.78. The molecule has 1 N–H and O–H groups in total. The van der Waals surface area contributed by atoms with E-state index >= 15 is 0 Å². The molecule has 1 heterocycles. The minimum atomic E-state index is 0.213. The van der Waals surface area contributed by atoms with E-state index in [1.807, 2.05) is 12.1 Å². The normalized spacial score (nSPS) is 15.9. The summed E-state index contributed by atoms with van der Waals surface area (Å²) < 4.78 is 1.56. The van der Waals surface area contributed by atoms with E-state index in [1.54, 1.807) is 6.21 Å². The van der Waals surface area contributed by atoms with Crippen LogP contribution >= 0.6 is 31.9 Å². The first-order valence-electron chi connectivity index (χ1n) is 8.26. The number of phenols is 1. The maximum absolute atomic E-state index is 10.1. The summed E-state index contributed by atoms with van der Waals surface area (Å²) in [5.41, 5.74) is 3.35. The van der Waals surface area contributed by atoms with Gasteiger partial charge in [0.15, 0.2) is 0 Å². The molecule has 0 atom stereocenters. The van der Waals surface area contributed by atoms with Crippen LogP contribution in [-0.4, -0.2) is 47.4 Å². The number of rotatable bonds is 4. The van der Waals surface area contributed by atoms with Crippen LogP contribution in [0.2, 0.25) is 0 Å². The second-order valence-electron chi connectivity index (χ2n) is 6.29. The molecule has 0 aromatic heterocycles. The molecule has 0 unspecified atom stereocenters. The van der Waals surface area contributed by atoms with E-state index in [-0.39, 0.29) is 5.75 Å². The minimum Gasteiger partial charge on any atom is -0.506 e. The van der Waals surface area contributed by atoms with Crippen molar-refractivity contribution in [2.45, 2.75) is 13.5 Å². The van der Waals surface area contributed by atoms with Gasteiger partial charge in [-0.2, -0.15) is 5.10 Å².